The van der Waals surface area contributed by atoms with E-state index in [1.807, 2.05) is 6.07 Å². The van der Waals surface area contributed by atoms with Gasteiger partial charge in [-0.15, -0.1) is 0 Å². The van der Waals surface area contributed by atoms with Gasteiger partial charge in [-0.1, -0.05) is 0 Å². The monoisotopic (exact) mass is 322 g/mol. The van der Waals surface area contributed by atoms with Crippen LogP contribution >= 0.6 is 0 Å². The summed E-state index contributed by atoms with van der Waals surface area (Å²) in [6.45, 7) is 2.98. The van der Waals surface area contributed by atoms with Crippen molar-refractivity contribution in [3.05, 3.63) is 35.2 Å². The number of hydrogen-bond acceptors (Lipinski definition) is 3. The Labute approximate surface area is 129 Å². The molecule has 2 N–H and O–H groups in total. The summed E-state index contributed by atoms with van der Waals surface area (Å²) in [7, 11) is -3.84. The molecular weight excluding hydrogens is 303 g/mol. The fourth-order valence-electron chi connectivity index (χ4n) is 3.26. The standard InChI is InChI=1S/C16H19FN2O2S/c1-16(2,17)9-14-13-8-10-4-3-5-11(10)15(22(18,20)21)12(13)6-7-19-14/h6-8H,3-5,9H2,1-2H3,(H2,18,20,21). The van der Waals surface area contributed by atoms with Crippen LogP contribution in [-0.4, -0.2) is 19.1 Å². The van der Waals surface area contributed by atoms with Crippen LogP contribution in [0.25, 0.3) is 10.8 Å². The van der Waals surface area contributed by atoms with Crippen LogP contribution in [0.1, 0.15) is 37.1 Å². The largest absolute Gasteiger partial charge is 0.261 e. The maximum absolute atomic E-state index is 14.0. The zero-order chi connectivity index (χ0) is 16.1. The Morgan fingerprint density at radius 1 is 1.32 bits per heavy atom. The highest BCUT2D eigenvalue weighted by Gasteiger charge is 2.26. The molecule has 0 aliphatic heterocycles. The molecule has 22 heavy (non-hydrogen) atoms. The molecule has 1 aromatic heterocycles. The zero-order valence-corrected chi connectivity index (χ0v) is 13.5. The molecule has 1 aromatic carbocycles. The Hall–Kier alpha value is -1.53. The normalized spacial score (nSPS) is 15.3. The lowest BCUT2D eigenvalue weighted by molar-refractivity contribution is 0.216. The molecule has 0 bridgehead atoms. The van der Waals surface area contributed by atoms with Crippen LogP contribution in [0.2, 0.25) is 0 Å². The Bertz CT molecular complexity index is 855. The van der Waals surface area contributed by atoms with Gasteiger partial charge in [0.25, 0.3) is 0 Å². The van der Waals surface area contributed by atoms with Crippen LogP contribution in [0.4, 0.5) is 4.39 Å². The number of aromatic nitrogens is 1. The first-order valence-electron chi connectivity index (χ1n) is 7.31. The number of hydrogen-bond donors (Lipinski definition) is 1. The molecule has 4 nitrogen and oxygen atoms in total. The van der Waals surface area contributed by atoms with E-state index in [9.17, 15) is 12.8 Å². The molecule has 0 saturated carbocycles. The fourth-order valence-corrected chi connectivity index (χ4v) is 4.32. The maximum atomic E-state index is 14.0. The highest BCUT2D eigenvalue weighted by atomic mass is 32.2. The SMILES string of the molecule is CC(C)(F)Cc1nccc2c(S(N)(=O)=O)c3c(cc12)CCC3. The van der Waals surface area contributed by atoms with Crippen LogP contribution in [0, 0.1) is 0 Å². The number of nitrogens with zero attached hydrogens (tertiary/aromatic N) is 1. The summed E-state index contributed by atoms with van der Waals surface area (Å²) >= 11 is 0. The summed E-state index contributed by atoms with van der Waals surface area (Å²) in [5.41, 5.74) is 0.959. The van der Waals surface area contributed by atoms with Gasteiger partial charge < -0.3 is 0 Å². The molecule has 3 rings (SSSR count). The van der Waals surface area contributed by atoms with E-state index < -0.39 is 15.7 Å². The molecule has 6 heteroatoms. The Morgan fingerprint density at radius 2 is 2.05 bits per heavy atom. The molecule has 2 aromatic rings. The van der Waals surface area contributed by atoms with Crippen molar-refractivity contribution in [2.24, 2.45) is 5.14 Å². The van der Waals surface area contributed by atoms with Crippen LogP contribution in [-0.2, 0) is 29.3 Å². The molecular formula is C16H19FN2O2S. The first-order chi connectivity index (χ1) is 10.2. The molecule has 118 valence electrons. The van der Waals surface area contributed by atoms with Crippen molar-refractivity contribution in [1.82, 2.24) is 4.98 Å². The average Bonchev–Trinajstić information content (AvgIpc) is 2.80. The van der Waals surface area contributed by atoms with E-state index in [1.165, 1.54) is 20.0 Å². The van der Waals surface area contributed by atoms with Crippen molar-refractivity contribution in [2.45, 2.75) is 50.1 Å². The van der Waals surface area contributed by atoms with Gasteiger partial charge in [-0.3, -0.25) is 4.98 Å². The second-order valence-electron chi connectivity index (χ2n) is 6.49. The van der Waals surface area contributed by atoms with Crippen molar-refractivity contribution >= 4 is 20.8 Å². The maximum Gasteiger partial charge on any atom is 0.238 e. The minimum Gasteiger partial charge on any atom is -0.261 e. The molecule has 0 unspecified atom stereocenters. The quantitative estimate of drug-likeness (QED) is 0.944. The first kappa shape index (κ1) is 15.4. The van der Waals surface area contributed by atoms with Crippen molar-refractivity contribution in [2.75, 3.05) is 0 Å². The van der Waals surface area contributed by atoms with Crippen molar-refractivity contribution in [1.29, 1.82) is 0 Å². The number of pyridine rings is 1. The molecule has 1 heterocycles. The average molecular weight is 322 g/mol. The van der Waals surface area contributed by atoms with Crippen molar-refractivity contribution in [3.63, 3.8) is 0 Å². The van der Waals surface area contributed by atoms with E-state index in [0.717, 1.165) is 24.0 Å². The van der Waals surface area contributed by atoms with Gasteiger partial charge in [0.05, 0.1) is 10.6 Å². The minimum atomic E-state index is -3.84. The Kier molecular flexibility index (Phi) is 3.49. The number of nitrogens with two attached hydrogens (primary N) is 1. The lowest BCUT2D eigenvalue weighted by Gasteiger charge is -2.17. The van der Waals surface area contributed by atoms with E-state index in [2.05, 4.69) is 4.98 Å². The lowest BCUT2D eigenvalue weighted by atomic mass is 9.97. The molecule has 0 radical (unpaired) electrons. The first-order valence-corrected chi connectivity index (χ1v) is 8.85. The van der Waals surface area contributed by atoms with Gasteiger partial charge in [0.1, 0.15) is 5.67 Å². The van der Waals surface area contributed by atoms with Crippen molar-refractivity contribution in [3.8, 4) is 0 Å². The predicted octanol–water partition coefficient (Wildman–Crippen LogP) is 2.66. The summed E-state index contributed by atoms with van der Waals surface area (Å²) in [6.07, 6.45) is 4.10. The van der Waals surface area contributed by atoms with Crippen LogP contribution in [0.15, 0.2) is 23.2 Å². The third-order valence-corrected chi connectivity index (χ3v) is 5.08. The van der Waals surface area contributed by atoms with Gasteiger partial charge >= 0.3 is 0 Å². The van der Waals surface area contributed by atoms with Crippen LogP contribution in [0.3, 0.4) is 0 Å². The molecule has 1 aliphatic rings. The highest BCUT2D eigenvalue weighted by Crippen LogP contribution is 2.36. The fraction of sp³-hybridized carbons (Fsp3) is 0.438. The number of rotatable bonds is 3. The number of benzene rings is 1. The van der Waals surface area contributed by atoms with E-state index in [1.54, 1.807) is 6.07 Å². The second-order valence-corrected chi connectivity index (χ2v) is 7.99. The van der Waals surface area contributed by atoms with Gasteiger partial charge in [0, 0.05) is 23.4 Å². The smallest absolute Gasteiger partial charge is 0.238 e. The predicted molar refractivity (Wildman–Crippen MR) is 84.0 cm³/mol. The topological polar surface area (TPSA) is 73.0 Å². The summed E-state index contributed by atoms with van der Waals surface area (Å²) in [5.74, 6) is 0. The van der Waals surface area contributed by atoms with Crippen LogP contribution in [0.5, 0.6) is 0 Å². The highest BCUT2D eigenvalue weighted by molar-refractivity contribution is 7.89. The molecule has 0 amide bonds. The summed E-state index contributed by atoms with van der Waals surface area (Å²) < 4.78 is 38.2. The number of alkyl halides is 1. The zero-order valence-electron chi connectivity index (χ0n) is 12.7. The molecule has 1 aliphatic carbocycles. The number of fused-ring (bicyclic) bond motifs is 2. The second kappa shape index (κ2) is 4.99. The molecule has 0 fully saturated rings. The lowest BCUT2D eigenvalue weighted by Crippen LogP contribution is -2.18. The molecule has 0 saturated heterocycles. The Balaban J connectivity index is 2.37. The van der Waals surface area contributed by atoms with E-state index >= 15 is 0 Å². The minimum absolute atomic E-state index is 0.132. The van der Waals surface area contributed by atoms with Gasteiger partial charge in [0.2, 0.25) is 10.0 Å². The van der Waals surface area contributed by atoms with Gasteiger partial charge in [0.15, 0.2) is 0 Å². The summed E-state index contributed by atoms with van der Waals surface area (Å²) in [6, 6.07) is 3.61. The van der Waals surface area contributed by atoms with Crippen LogP contribution < -0.4 is 5.14 Å². The van der Waals surface area contributed by atoms with E-state index in [0.29, 0.717) is 22.9 Å². The molecule has 0 spiro atoms. The van der Waals surface area contributed by atoms with Crippen molar-refractivity contribution < 1.29 is 12.8 Å². The summed E-state index contributed by atoms with van der Waals surface area (Å²) in [5, 5.41) is 6.70. The number of halogens is 1. The summed E-state index contributed by atoms with van der Waals surface area (Å²) in [4.78, 5) is 4.46. The van der Waals surface area contributed by atoms with Gasteiger partial charge in [-0.2, -0.15) is 0 Å². The third kappa shape index (κ3) is 2.73. The van der Waals surface area contributed by atoms with Gasteiger partial charge in [-0.25, -0.2) is 17.9 Å². The number of sulfonamides is 1. The number of aryl methyl sites for hydroxylation is 1. The third-order valence-electron chi connectivity index (χ3n) is 4.04. The number of primary sulfonamides is 1. The Morgan fingerprint density at radius 3 is 2.68 bits per heavy atom. The molecule has 0 atom stereocenters. The van der Waals surface area contributed by atoms with E-state index in [-0.39, 0.29) is 11.3 Å². The van der Waals surface area contributed by atoms with E-state index in [4.69, 9.17) is 5.14 Å². The van der Waals surface area contributed by atoms with Gasteiger partial charge in [-0.05, 0) is 56.4 Å².